The zero-order chi connectivity index (χ0) is 37.7. The molecule has 0 amide bonds. The first-order chi connectivity index (χ1) is 24.6. The molecule has 0 bridgehead atoms. The highest BCUT2D eigenvalue weighted by Gasteiger charge is 2.68. The van der Waals surface area contributed by atoms with E-state index in [-0.39, 0.29) is 34.7 Å². The van der Waals surface area contributed by atoms with Crippen LogP contribution in [0.3, 0.4) is 0 Å². The molecule has 6 rings (SSSR count). The first-order valence-electron chi connectivity index (χ1n) is 19.7. The molecular formula is C39H64O13. The molecule has 0 spiro atoms. The maximum absolute atomic E-state index is 13.4. The van der Waals surface area contributed by atoms with E-state index in [4.69, 9.17) is 18.9 Å². The van der Waals surface area contributed by atoms with Crippen molar-refractivity contribution in [3.63, 3.8) is 0 Å². The normalized spacial score (nSPS) is 51.1. The molecule has 0 radical (unpaired) electrons. The minimum Gasteiger partial charge on any atom is -0.394 e. The van der Waals surface area contributed by atoms with Crippen molar-refractivity contribution >= 4 is 6.29 Å². The molecule has 2 aliphatic heterocycles. The van der Waals surface area contributed by atoms with E-state index < -0.39 is 86.1 Å². The molecule has 0 aromatic heterocycles. The van der Waals surface area contributed by atoms with E-state index in [0.29, 0.717) is 25.2 Å². The molecular weight excluding hydrogens is 676 g/mol. The molecule has 2 heterocycles. The molecule has 6 aliphatic rings. The highest BCUT2D eigenvalue weighted by atomic mass is 16.8. The third kappa shape index (κ3) is 6.87. The molecule has 298 valence electrons. The zero-order valence-corrected chi connectivity index (χ0v) is 31.2. The maximum Gasteiger partial charge on any atom is 0.187 e. The van der Waals surface area contributed by atoms with Gasteiger partial charge in [0.15, 0.2) is 12.6 Å². The lowest BCUT2D eigenvalue weighted by Crippen LogP contribution is -2.65. The molecule has 8 N–H and O–H groups in total. The number of rotatable bonds is 11. The second-order valence-corrected chi connectivity index (χ2v) is 17.7. The van der Waals surface area contributed by atoms with Crippen LogP contribution in [0.2, 0.25) is 0 Å². The molecule has 19 unspecified atom stereocenters. The Morgan fingerprint density at radius 3 is 2.10 bits per heavy atom. The summed E-state index contributed by atoms with van der Waals surface area (Å²) in [6.45, 7) is 7.72. The summed E-state index contributed by atoms with van der Waals surface area (Å²) in [7, 11) is 0. The van der Waals surface area contributed by atoms with Gasteiger partial charge in [0.2, 0.25) is 0 Å². The number of ether oxygens (including phenoxy) is 4. The van der Waals surface area contributed by atoms with Crippen LogP contribution in [0, 0.1) is 39.9 Å². The molecule has 19 atom stereocenters. The molecule has 2 saturated heterocycles. The van der Waals surface area contributed by atoms with Crippen LogP contribution in [0.15, 0.2) is 11.6 Å². The highest BCUT2D eigenvalue weighted by Crippen LogP contribution is 2.73. The lowest BCUT2D eigenvalue weighted by atomic mass is 9.37. The summed E-state index contributed by atoms with van der Waals surface area (Å²) in [6, 6.07) is 0. The van der Waals surface area contributed by atoms with Crippen LogP contribution in [-0.4, -0.2) is 134 Å². The van der Waals surface area contributed by atoms with Crippen LogP contribution >= 0.6 is 0 Å². The van der Waals surface area contributed by atoms with Crippen molar-refractivity contribution in [1.29, 1.82) is 0 Å². The Morgan fingerprint density at radius 1 is 0.788 bits per heavy atom. The van der Waals surface area contributed by atoms with Gasteiger partial charge < -0.3 is 64.6 Å². The summed E-state index contributed by atoms with van der Waals surface area (Å²) in [5, 5.41) is 83.9. The highest BCUT2D eigenvalue weighted by molar-refractivity contribution is 5.62. The van der Waals surface area contributed by atoms with Crippen LogP contribution < -0.4 is 0 Å². The zero-order valence-electron chi connectivity index (χ0n) is 31.2. The van der Waals surface area contributed by atoms with Crippen molar-refractivity contribution in [2.45, 2.75) is 172 Å². The van der Waals surface area contributed by atoms with Gasteiger partial charge in [-0.25, -0.2) is 0 Å². The van der Waals surface area contributed by atoms with Gasteiger partial charge in [0.1, 0.15) is 55.1 Å². The second kappa shape index (κ2) is 15.8. The van der Waals surface area contributed by atoms with Gasteiger partial charge in [0.25, 0.3) is 0 Å². The Bertz CT molecular complexity index is 1260. The lowest BCUT2D eigenvalue weighted by Gasteiger charge is -2.66. The van der Waals surface area contributed by atoms with Crippen molar-refractivity contribution in [2.24, 2.45) is 39.9 Å². The van der Waals surface area contributed by atoms with E-state index in [9.17, 15) is 45.6 Å². The van der Waals surface area contributed by atoms with E-state index in [1.165, 1.54) is 11.9 Å². The van der Waals surface area contributed by atoms with Gasteiger partial charge in [0, 0.05) is 5.41 Å². The van der Waals surface area contributed by atoms with Gasteiger partial charge in [-0.15, -0.1) is 0 Å². The van der Waals surface area contributed by atoms with Crippen molar-refractivity contribution in [2.75, 3.05) is 13.2 Å². The molecule has 13 heteroatoms. The van der Waals surface area contributed by atoms with Crippen molar-refractivity contribution in [3.8, 4) is 0 Å². The Balaban J connectivity index is 1.16. The molecule has 13 nitrogen and oxygen atoms in total. The summed E-state index contributed by atoms with van der Waals surface area (Å²) >= 11 is 0. The largest absolute Gasteiger partial charge is 0.394 e. The summed E-state index contributed by atoms with van der Waals surface area (Å²) in [4.78, 5) is 13.4. The van der Waals surface area contributed by atoms with Crippen molar-refractivity contribution in [1.82, 2.24) is 0 Å². The number of aliphatic hydroxyl groups is 8. The third-order valence-corrected chi connectivity index (χ3v) is 15.1. The Morgan fingerprint density at radius 2 is 1.44 bits per heavy atom. The number of aliphatic hydroxyl groups excluding tert-OH is 8. The molecule has 4 saturated carbocycles. The SMILES string of the molecule is CC(C)=CCCC(O)C1CCC2(C)C1CCC1C3(C=O)CCC(OC4OC(CO)C(O)C(O)C4OC4OC(CO)C(O)C(O)C4O)CC3CCC12C. The molecule has 52 heavy (non-hydrogen) atoms. The standard InChI is InChI=1S/C39H64O13/c1-20(2)6-5-7-25(43)23-12-14-37(3)24(23)8-9-28-38(37,4)13-10-21-16-22(11-15-39(21,28)19-42)49-36-34(32(47)30(45)27(18-41)51-36)52-35-33(48)31(46)29(44)26(17-40)50-35/h6,19,21-36,40-41,43-48H,5,7-18H2,1-4H3. The molecule has 0 aromatic carbocycles. The van der Waals surface area contributed by atoms with E-state index in [1.54, 1.807) is 0 Å². The summed E-state index contributed by atoms with van der Waals surface area (Å²) in [6.07, 6.45) is -3.24. The van der Waals surface area contributed by atoms with E-state index >= 15 is 0 Å². The summed E-state index contributed by atoms with van der Waals surface area (Å²) in [5.41, 5.74) is 0.712. The number of aldehydes is 1. The average Bonchev–Trinajstić information content (AvgIpc) is 3.49. The van der Waals surface area contributed by atoms with Gasteiger partial charge in [-0.2, -0.15) is 0 Å². The van der Waals surface area contributed by atoms with Gasteiger partial charge in [0.05, 0.1) is 25.4 Å². The van der Waals surface area contributed by atoms with Crippen molar-refractivity contribution in [3.05, 3.63) is 11.6 Å². The Kier molecular flexibility index (Phi) is 12.3. The van der Waals surface area contributed by atoms with Gasteiger partial charge in [-0.1, -0.05) is 25.5 Å². The maximum atomic E-state index is 13.4. The van der Waals surface area contributed by atoms with Crippen LogP contribution in [0.25, 0.3) is 0 Å². The summed E-state index contributed by atoms with van der Waals surface area (Å²) < 4.78 is 23.8. The molecule has 4 aliphatic carbocycles. The quantitative estimate of drug-likeness (QED) is 0.0854. The van der Waals surface area contributed by atoms with Gasteiger partial charge in [-0.05, 0) is 119 Å². The minimum absolute atomic E-state index is 0.0214. The van der Waals surface area contributed by atoms with Crippen LogP contribution in [-0.2, 0) is 23.7 Å². The lowest BCUT2D eigenvalue weighted by molar-refractivity contribution is -0.373. The number of allylic oxidation sites excluding steroid dienone is 2. The topological polar surface area (TPSA) is 216 Å². The fourth-order valence-corrected chi connectivity index (χ4v) is 12.0. The first-order valence-corrected chi connectivity index (χ1v) is 19.7. The monoisotopic (exact) mass is 740 g/mol. The fourth-order valence-electron chi connectivity index (χ4n) is 12.0. The van der Waals surface area contributed by atoms with Crippen LogP contribution in [0.5, 0.6) is 0 Å². The second-order valence-electron chi connectivity index (χ2n) is 17.7. The predicted molar refractivity (Wildman–Crippen MR) is 186 cm³/mol. The third-order valence-electron chi connectivity index (χ3n) is 15.1. The van der Waals surface area contributed by atoms with Crippen molar-refractivity contribution < 1.29 is 64.6 Å². The fraction of sp³-hybridized carbons (Fsp3) is 0.923. The summed E-state index contributed by atoms with van der Waals surface area (Å²) in [5.74, 6) is 0.934. The number of hydrogen-bond donors (Lipinski definition) is 8. The number of carbonyl (C=O) groups is 1. The number of fused-ring (bicyclic) bond motifs is 5. The number of hydrogen-bond acceptors (Lipinski definition) is 13. The van der Waals surface area contributed by atoms with E-state index in [0.717, 1.165) is 51.4 Å². The minimum atomic E-state index is -1.75. The smallest absolute Gasteiger partial charge is 0.187 e. The van der Waals surface area contributed by atoms with Crippen LogP contribution in [0.1, 0.15) is 98.3 Å². The van der Waals surface area contributed by atoms with Gasteiger partial charge in [-0.3, -0.25) is 0 Å². The van der Waals surface area contributed by atoms with E-state index in [1.807, 2.05) is 0 Å². The molecule has 6 fully saturated rings. The average molecular weight is 741 g/mol. The molecule has 0 aromatic rings. The Labute approximate surface area is 307 Å². The van der Waals surface area contributed by atoms with E-state index in [2.05, 4.69) is 33.8 Å². The predicted octanol–water partition coefficient (Wildman–Crippen LogP) is 1.33. The first kappa shape index (κ1) is 40.6. The Hall–Kier alpha value is -1.07. The number of carbonyl (C=O) groups excluding carboxylic acids is 1. The van der Waals surface area contributed by atoms with Crippen LogP contribution in [0.4, 0.5) is 0 Å². The van der Waals surface area contributed by atoms with Gasteiger partial charge >= 0.3 is 0 Å².